The van der Waals surface area contributed by atoms with E-state index in [1.165, 1.54) is 36.0 Å². The number of hydrogen-bond donors (Lipinski definition) is 4. The smallest absolute Gasteiger partial charge is 0.411 e. The van der Waals surface area contributed by atoms with Gasteiger partial charge in [-0.3, -0.25) is 0 Å². The Morgan fingerprint density at radius 1 is 0.970 bits per heavy atom. The molecule has 14 heteroatoms. The first-order valence-electron chi connectivity index (χ1n) is 9.73. The second kappa shape index (κ2) is 12.0. The van der Waals surface area contributed by atoms with Gasteiger partial charge in [0.1, 0.15) is 30.7 Å². The van der Waals surface area contributed by atoms with E-state index in [-0.39, 0.29) is 25.4 Å². The van der Waals surface area contributed by atoms with Gasteiger partial charge in [-0.05, 0) is 17.7 Å². The van der Waals surface area contributed by atoms with Crippen molar-refractivity contribution in [3.8, 4) is 5.75 Å². The summed E-state index contributed by atoms with van der Waals surface area (Å²) in [6.45, 7) is 0.416. The number of ether oxygens (including phenoxy) is 3. The zero-order valence-corrected chi connectivity index (χ0v) is 19.1. The van der Waals surface area contributed by atoms with Crippen LogP contribution in [0.5, 0.6) is 5.75 Å². The Bertz CT molecular complexity index is 824. The highest BCUT2D eigenvalue weighted by atomic mass is 31.0. The van der Waals surface area contributed by atoms with Gasteiger partial charge in [-0.2, -0.15) is 0 Å². The van der Waals surface area contributed by atoms with E-state index in [2.05, 4.69) is 4.52 Å². The minimum atomic E-state index is -1.81. The molecule has 1 fully saturated rings. The van der Waals surface area contributed by atoms with Crippen LogP contribution in [0.3, 0.4) is 0 Å². The molecular formula is C19H27N2O11P. The molecule has 0 saturated carbocycles. The van der Waals surface area contributed by atoms with Crippen LogP contribution in [-0.2, 0) is 25.4 Å². The van der Waals surface area contributed by atoms with E-state index >= 15 is 0 Å². The van der Waals surface area contributed by atoms with Gasteiger partial charge in [-0.1, -0.05) is 12.1 Å². The Hall–Kier alpha value is -2.70. The maximum Gasteiger partial charge on any atom is 0.411 e. The van der Waals surface area contributed by atoms with Crippen LogP contribution < -0.4 is 4.74 Å². The van der Waals surface area contributed by atoms with Crippen molar-refractivity contribution in [2.45, 2.75) is 37.3 Å². The van der Waals surface area contributed by atoms with Crippen LogP contribution in [0.2, 0.25) is 0 Å². The average molecular weight is 490 g/mol. The van der Waals surface area contributed by atoms with Crippen molar-refractivity contribution in [1.82, 2.24) is 9.80 Å². The van der Waals surface area contributed by atoms with Gasteiger partial charge in [0.25, 0.3) is 0 Å². The summed E-state index contributed by atoms with van der Waals surface area (Å²) in [6, 6.07) is 6.08. The molecule has 6 atom stereocenters. The molecule has 4 N–H and O–H groups in total. The van der Waals surface area contributed by atoms with Crippen LogP contribution in [0.15, 0.2) is 24.3 Å². The minimum absolute atomic E-state index is 0.0541. The Kier molecular flexibility index (Phi) is 9.62. The normalized spacial score (nSPS) is 24.5. The molecular weight excluding hydrogens is 463 g/mol. The molecule has 0 radical (unpaired) electrons. The van der Waals surface area contributed by atoms with Gasteiger partial charge in [0.05, 0.1) is 9.47 Å². The molecule has 1 aromatic rings. The summed E-state index contributed by atoms with van der Waals surface area (Å²) in [5, 5.41) is 38.6. The maximum absolute atomic E-state index is 12.1. The van der Waals surface area contributed by atoms with Crippen LogP contribution in [0.1, 0.15) is 5.56 Å². The number of carboxylic acids is 1. The number of hydrogen-bond acceptors (Lipinski definition) is 10. The van der Waals surface area contributed by atoms with Crippen molar-refractivity contribution in [3.05, 3.63) is 29.8 Å². The monoisotopic (exact) mass is 490 g/mol. The predicted molar refractivity (Wildman–Crippen MR) is 113 cm³/mol. The number of carboxylic acid groups (broad SMARTS) is 1. The quantitative estimate of drug-likeness (QED) is 0.342. The number of likely N-dealkylation sites (N-methyl/N-ethyl adjacent to an activating group) is 2. The van der Waals surface area contributed by atoms with Crippen molar-refractivity contribution in [2.75, 3.05) is 27.2 Å². The predicted octanol–water partition coefficient (Wildman–Crippen LogP) is -0.615. The lowest BCUT2D eigenvalue weighted by atomic mass is 9.99. The van der Waals surface area contributed by atoms with Gasteiger partial charge in [0.2, 0.25) is 6.29 Å². The van der Waals surface area contributed by atoms with E-state index < -0.39 is 48.9 Å². The standard InChI is InChI=1S/C19H27N2O11P/c1-20(7-8-21(2)19(28)32-33)18(27)29-9-10-3-5-11(6-4-10)30-17-14(24)12(22)13(23)15(31-17)16(25)26/h3-6,12-15,17,22-24H,7-9,33H2,1-2H3,(H,25,26). The molecule has 0 spiro atoms. The average Bonchev–Trinajstić information content (AvgIpc) is 2.80. The van der Waals surface area contributed by atoms with Crippen LogP contribution in [0.25, 0.3) is 0 Å². The lowest BCUT2D eigenvalue weighted by Gasteiger charge is -2.38. The number of aliphatic hydroxyl groups is 3. The van der Waals surface area contributed by atoms with Crippen molar-refractivity contribution in [3.63, 3.8) is 0 Å². The number of aliphatic carboxylic acids is 1. The largest absolute Gasteiger partial charge is 0.479 e. The minimum Gasteiger partial charge on any atom is -0.479 e. The van der Waals surface area contributed by atoms with E-state index in [4.69, 9.17) is 19.3 Å². The van der Waals surface area contributed by atoms with Crippen LogP contribution in [0.4, 0.5) is 9.59 Å². The third kappa shape index (κ3) is 7.14. The molecule has 1 heterocycles. The molecule has 0 aliphatic carbocycles. The van der Waals surface area contributed by atoms with E-state index in [0.29, 0.717) is 5.56 Å². The zero-order chi connectivity index (χ0) is 24.7. The topological polar surface area (TPSA) is 176 Å². The molecule has 0 aromatic heterocycles. The fourth-order valence-electron chi connectivity index (χ4n) is 2.78. The molecule has 0 bridgehead atoms. The summed E-state index contributed by atoms with van der Waals surface area (Å²) in [5.74, 6) is -1.33. The van der Waals surface area contributed by atoms with E-state index in [1.807, 2.05) is 9.47 Å². The van der Waals surface area contributed by atoms with Crippen LogP contribution in [-0.4, -0.2) is 106 Å². The summed E-state index contributed by atoms with van der Waals surface area (Å²) >= 11 is 0. The molecule has 1 aromatic carbocycles. The molecule has 2 amide bonds. The number of rotatable bonds is 8. The number of benzene rings is 1. The zero-order valence-electron chi connectivity index (χ0n) is 17.9. The summed E-state index contributed by atoms with van der Waals surface area (Å²) in [6.07, 6.45) is -9.71. The van der Waals surface area contributed by atoms with Gasteiger partial charge in [-0.25, -0.2) is 14.4 Å². The van der Waals surface area contributed by atoms with Crippen LogP contribution in [0, 0.1) is 0 Å². The fourth-order valence-corrected chi connectivity index (χ4v) is 2.96. The molecule has 184 valence electrons. The van der Waals surface area contributed by atoms with Gasteiger partial charge >= 0.3 is 18.2 Å². The third-order valence-electron chi connectivity index (χ3n) is 4.85. The Balaban J connectivity index is 1.85. The third-order valence-corrected chi connectivity index (χ3v) is 5.05. The first kappa shape index (κ1) is 26.6. The summed E-state index contributed by atoms with van der Waals surface area (Å²) in [7, 11) is 4.89. The fraction of sp³-hybridized carbons (Fsp3) is 0.526. The highest BCUT2D eigenvalue weighted by Gasteiger charge is 2.48. The number of amides is 2. The number of carbonyl (C=O) groups is 3. The Morgan fingerprint density at radius 2 is 1.55 bits per heavy atom. The van der Waals surface area contributed by atoms with Gasteiger partial charge in [0.15, 0.2) is 6.10 Å². The second-order valence-electron chi connectivity index (χ2n) is 7.28. The van der Waals surface area contributed by atoms with Crippen molar-refractivity contribution < 1.29 is 53.5 Å². The molecule has 1 aliphatic heterocycles. The maximum atomic E-state index is 12.1. The second-order valence-corrected chi connectivity index (χ2v) is 7.51. The van der Waals surface area contributed by atoms with Crippen molar-refractivity contribution in [2.24, 2.45) is 0 Å². The van der Waals surface area contributed by atoms with Gasteiger partial charge in [-0.15, -0.1) is 0 Å². The summed E-state index contributed by atoms with van der Waals surface area (Å²) in [4.78, 5) is 37.1. The summed E-state index contributed by atoms with van der Waals surface area (Å²) < 4.78 is 20.1. The van der Waals surface area contributed by atoms with Crippen LogP contribution >= 0.6 is 9.47 Å². The Labute approximate surface area is 191 Å². The number of carbonyl (C=O) groups excluding carboxylic acids is 2. The molecule has 6 unspecified atom stereocenters. The summed E-state index contributed by atoms with van der Waals surface area (Å²) in [5.41, 5.74) is 0.608. The van der Waals surface area contributed by atoms with E-state index in [9.17, 15) is 29.7 Å². The number of nitrogens with zero attached hydrogens (tertiary/aromatic N) is 2. The van der Waals surface area contributed by atoms with Gasteiger partial charge < -0.3 is 49.0 Å². The molecule has 1 aliphatic rings. The number of aliphatic hydroxyl groups excluding tert-OH is 3. The first-order valence-corrected chi connectivity index (χ1v) is 10.2. The van der Waals surface area contributed by atoms with E-state index in [1.54, 1.807) is 12.1 Å². The van der Waals surface area contributed by atoms with Gasteiger partial charge in [0, 0.05) is 27.2 Å². The van der Waals surface area contributed by atoms with E-state index in [0.717, 1.165) is 0 Å². The molecule has 1 saturated heterocycles. The molecule has 2 rings (SSSR count). The lowest BCUT2D eigenvalue weighted by molar-refractivity contribution is -0.271. The molecule has 13 nitrogen and oxygen atoms in total. The lowest BCUT2D eigenvalue weighted by Crippen LogP contribution is -2.61. The molecule has 33 heavy (non-hydrogen) atoms. The first-order chi connectivity index (χ1) is 15.5. The van der Waals surface area contributed by atoms with Crippen molar-refractivity contribution >= 4 is 27.6 Å². The van der Waals surface area contributed by atoms with Crippen molar-refractivity contribution in [1.29, 1.82) is 0 Å². The SMILES string of the molecule is CN(CCN(C)C(=O)OCc1ccc(OC2OC(C(=O)O)C(O)C(O)C2O)cc1)C(=O)OP. The highest BCUT2D eigenvalue weighted by molar-refractivity contribution is 7.10. The Morgan fingerprint density at radius 3 is 2.09 bits per heavy atom. The highest BCUT2D eigenvalue weighted by Crippen LogP contribution is 2.25.